The lowest BCUT2D eigenvalue weighted by Crippen LogP contribution is -2.44. The average molecular weight is 434 g/mol. The quantitative estimate of drug-likeness (QED) is 0.577. The molecule has 7 nitrogen and oxygen atoms in total. The van der Waals surface area contributed by atoms with Crippen LogP contribution < -0.4 is 15.8 Å². The van der Waals surface area contributed by atoms with E-state index in [2.05, 4.69) is 34.2 Å². The van der Waals surface area contributed by atoms with Gasteiger partial charge in [0.1, 0.15) is 0 Å². The molecule has 7 heteroatoms. The molecule has 1 aliphatic heterocycles. The number of fused-ring (bicyclic) bond motifs is 1. The first-order valence-electron chi connectivity index (χ1n) is 11.4. The average Bonchev–Trinajstić information content (AvgIpc) is 2.82. The molecule has 3 aromatic rings. The van der Waals surface area contributed by atoms with Crippen LogP contribution in [0.1, 0.15) is 36.7 Å². The molecule has 1 saturated heterocycles. The van der Waals surface area contributed by atoms with Crippen molar-refractivity contribution in [2.75, 3.05) is 43.4 Å². The third-order valence-corrected chi connectivity index (χ3v) is 6.05. The van der Waals surface area contributed by atoms with Crippen molar-refractivity contribution in [3.63, 3.8) is 0 Å². The Morgan fingerprint density at radius 2 is 1.66 bits per heavy atom. The van der Waals surface area contributed by atoms with Gasteiger partial charge in [0.2, 0.25) is 0 Å². The van der Waals surface area contributed by atoms with Crippen molar-refractivity contribution < 1.29 is 4.79 Å². The van der Waals surface area contributed by atoms with E-state index in [1.54, 1.807) is 12.1 Å². The Balaban J connectivity index is 1.55. The van der Waals surface area contributed by atoms with Gasteiger partial charge in [0.25, 0.3) is 11.5 Å². The first kappa shape index (κ1) is 22.0. The highest BCUT2D eigenvalue weighted by molar-refractivity contribution is 6.11. The maximum Gasteiger partial charge on any atom is 0.276 e. The number of anilines is 2. The minimum Gasteiger partial charge on any atom is -0.369 e. The SMILES string of the molecule is CCCCCn1nc(C(=O)Nc2ccc(N3CCN(C)CC3)cc2)c2ccccc2c1=O. The predicted molar refractivity (Wildman–Crippen MR) is 130 cm³/mol. The van der Waals surface area contributed by atoms with E-state index in [0.717, 1.165) is 51.1 Å². The minimum absolute atomic E-state index is 0.148. The van der Waals surface area contributed by atoms with Gasteiger partial charge in [-0.3, -0.25) is 9.59 Å². The van der Waals surface area contributed by atoms with E-state index in [1.165, 1.54) is 4.68 Å². The smallest absolute Gasteiger partial charge is 0.276 e. The second kappa shape index (κ2) is 9.96. The number of hydrogen-bond donors (Lipinski definition) is 1. The van der Waals surface area contributed by atoms with Crippen LogP contribution in [0.3, 0.4) is 0 Å². The van der Waals surface area contributed by atoms with Gasteiger partial charge in [0.15, 0.2) is 5.69 Å². The number of rotatable bonds is 7. The number of aromatic nitrogens is 2. The van der Waals surface area contributed by atoms with Gasteiger partial charge in [0, 0.05) is 49.5 Å². The van der Waals surface area contributed by atoms with Crippen molar-refractivity contribution in [1.29, 1.82) is 0 Å². The summed E-state index contributed by atoms with van der Waals surface area (Å²) in [5.41, 5.74) is 2.00. The number of carbonyl (C=O) groups is 1. The molecule has 0 spiro atoms. The molecule has 0 radical (unpaired) electrons. The van der Waals surface area contributed by atoms with Crippen LogP contribution in [0.15, 0.2) is 53.3 Å². The zero-order chi connectivity index (χ0) is 22.5. The molecule has 2 aromatic carbocycles. The Morgan fingerprint density at radius 3 is 2.34 bits per heavy atom. The van der Waals surface area contributed by atoms with E-state index in [-0.39, 0.29) is 17.2 Å². The van der Waals surface area contributed by atoms with Gasteiger partial charge < -0.3 is 15.1 Å². The lowest BCUT2D eigenvalue weighted by molar-refractivity contribution is 0.102. The molecule has 0 aliphatic carbocycles. The normalized spacial score (nSPS) is 14.6. The summed E-state index contributed by atoms with van der Waals surface area (Å²) in [5, 5.41) is 8.51. The number of likely N-dealkylation sites (N-methyl/N-ethyl adjacent to an activating group) is 1. The lowest BCUT2D eigenvalue weighted by Gasteiger charge is -2.34. The maximum absolute atomic E-state index is 13.1. The zero-order valence-corrected chi connectivity index (χ0v) is 18.9. The molecule has 32 heavy (non-hydrogen) atoms. The van der Waals surface area contributed by atoms with Crippen molar-refractivity contribution >= 4 is 28.1 Å². The standard InChI is InChI=1S/C25H31N5O2/c1-3-4-7-14-30-25(32)22-9-6-5-8-21(22)23(27-30)24(31)26-19-10-12-20(13-11-19)29-17-15-28(2)16-18-29/h5-6,8-13H,3-4,7,14-18H2,1-2H3,(H,26,31). The summed E-state index contributed by atoms with van der Waals surface area (Å²) >= 11 is 0. The minimum atomic E-state index is -0.308. The van der Waals surface area contributed by atoms with E-state index >= 15 is 0 Å². The van der Waals surface area contributed by atoms with Gasteiger partial charge in [-0.25, -0.2) is 4.68 Å². The Bertz CT molecular complexity index is 1130. The predicted octanol–water partition coefficient (Wildman–Crippen LogP) is 3.59. The number of aryl methyl sites for hydroxylation is 1. The number of amides is 1. The number of unbranched alkanes of at least 4 members (excludes halogenated alkanes) is 2. The highest BCUT2D eigenvalue weighted by atomic mass is 16.2. The van der Waals surface area contributed by atoms with Gasteiger partial charge in [0.05, 0.1) is 5.39 Å². The first-order valence-corrected chi connectivity index (χ1v) is 11.4. The molecule has 1 N–H and O–H groups in total. The molecular formula is C25H31N5O2. The van der Waals surface area contributed by atoms with Crippen LogP contribution in [-0.2, 0) is 6.54 Å². The summed E-state index contributed by atoms with van der Waals surface area (Å²) in [4.78, 5) is 30.6. The molecule has 1 aromatic heterocycles. The highest BCUT2D eigenvalue weighted by Crippen LogP contribution is 2.21. The van der Waals surface area contributed by atoms with Crippen molar-refractivity contribution in [2.45, 2.75) is 32.7 Å². The summed E-state index contributed by atoms with van der Waals surface area (Å²) in [7, 11) is 2.14. The first-order chi connectivity index (χ1) is 15.6. The zero-order valence-electron chi connectivity index (χ0n) is 18.9. The Kier molecular flexibility index (Phi) is 6.85. The van der Waals surface area contributed by atoms with Crippen LogP contribution in [0, 0.1) is 0 Å². The summed E-state index contributed by atoms with van der Waals surface area (Å²) in [5.74, 6) is -0.308. The summed E-state index contributed by atoms with van der Waals surface area (Å²) in [6.45, 7) is 6.72. The number of piperazine rings is 1. The van der Waals surface area contributed by atoms with Crippen LogP contribution in [-0.4, -0.2) is 53.8 Å². The van der Waals surface area contributed by atoms with Crippen LogP contribution in [0.2, 0.25) is 0 Å². The molecule has 168 valence electrons. The number of nitrogens with zero attached hydrogens (tertiary/aromatic N) is 4. The van der Waals surface area contributed by atoms with E-state index in [0.29, 0.717) is 23.0 Å². The largest absolute Gasteiger partial charge is 0.369 e. The van der Waals surface area contributed by atoms with Crippen molar-refractivity contribution in [3.05, 3.63) is 64.6 Å². The second-order valence-corrected chi connectivity index (χ2v) is 8.42. The van der Waals surface area contributed by atoms with Crippen LogP contribution in [0.25, 0.3) is 10.8 Å². The summed E-state index contributed by atoms with van der Waals surface area (Å²) < 4.78 is 1.43. The molecule has 0 unspecified atom stereocenters. The van der Waals surface area contributed by atoms with Gasteiger partial charge in [-0.1, -0.05) is 38.0 Å². The van der Waals surface area contributed by atoms with Gasteiger partial charge in [-0.05, 0) is 43.8 Å². The Morgan fingerprint density at radius 1 is 0.969 bits per heavy atom. The fraction of sp³-hybridized carbons (Fsp3) is 0.400. The molecule has 0 atom stereocenters. The third kappa shape index (κ3) is 4.83. The molecule has 0 saturated carbocycles. The van der Waals surface area contributed by atoms with E-state index in [4.69, 9.17) is 0 Å². The van der Waals surface area contributed by atoms with Crippen molar-refractivity contribution in [3.8, 4) is 0 Å². The maximum atomic E-state index is 13.1. The summed E-state index contributed by atoms with van der Waals surface area (Å²) in [6, 6.07) is 15.1. The van der Waals surface area contributed by atoms with Crippen molar-refractivity contribution in [2.24, 2.45) is 0 Å². The molecular weight excluding hydrogens is 402 g/mol. The third-order valence-electron chi connectivity index (χ3n) is 6.05. The monoisotopic (exact) mass is 433 g/mol. The highest BCUT2D eigenvalue weighted by Gasteiger charge is 2.18. The topological polar surface area (TPSA) is 70.5 Å². The number of carbonyl (C=O) groups excluding carboxylic acids is 1. The van der Waals surface area contributed by atoms with E-state index < -0.39 is 0 Å². The molecule has 4 rings (SSSR count). The molecule has 1 amide bonds. The van der Waals surface area contributed by atoms with Gasteiger partial charge in [-0.2, -0.15) is 5.10 Å². The second-order valence-electron chi connectivity index (χ2n) is 8.42. The number of nitrogens with one attached hydrogen (secondary N) is 1. The van der Waals surface area contributed by atoms with Crippen LogP contribution >= 0.6 is 0 Å². The Hall–Kier alpha value is -3.19. The molecule has 0 bridgehead atoms. The van der Waals surface area contributed by atoms with Gasteiger partial charge in [-0.15, -0.1) is 0 Å². The van der Waals surface area contributed by atoms with E-state index in [1.807, 2.05) is 36.4 Å². The summed E-state index contributed by atoms with van der Waals surface area (Å²) in [6.07, 6.45) is 2.93. The molecule has 1 aliphatic rings. The number of hydrogen-bond acceptors (Lipinski definition) is 5. The molecule has 2 heterocycles. The van der Waals surface area contributed by atoms with E-state index in [9.17, 15) is 9.59 Å². The van der Waals surface area contributed by atoms with Crippen LogP contribution in [0.5, 0.6) is 0 Å². The fourth-order valence-corrected chi connectivity index (χ4v) is 4.08. The number of benzene rings is 2. The van der Waals surface area contributed by atoms with Gasteiger partial charge >= 0.3 is 0 Å². The Labute approximate surface area is 188 Å². The molecule has 1 fully saturated rings. The van der Waals surface area contributed by atoms with Crippen molar-refractivity contribution in [1.82, 2.24) is 14.7 Å². The fourth-order valence-electron chi connectivity index (χ4n) is 4.08. The van der Waals surface area contributed by atoms with Crippen LogP contribution in [0.4, 0.5) is 11.4 Å². The lowest BCUT2D eigenvalue weighted by atomic mass is 10.1.